The monoisotopic (exact) mass is 365 g/mol. The van der Waals surface area contributed by atoms with E-state index in [2.05, 4.69) is 21.7 Å². The molecule has 0 spiro atoms. The number of fused-ring (bicyclic) bond motifs is 1. The smallest absolute Gasteiger partial charge is 0.220 e. The Kier molecular flexibility index (Phi) is 6.74. The Balaban J connectivity index is 1.64. The second kappa shape index (κ2) is 9.45. The number of hydrogen-bond acceptors (Lipinski definition) is 5. The van der Waals surface area contributed by atoms with Gasteiger partial charge >= 0.3 is 0 Å². The number of nitrogens with one attached hydrogen (secondary N) is 2. The summed E-state index contributed by atoms with van der Waals surface area (Å²) in [6.07, 6.45) is 5.86. The highest BCUT2D eigenvalue weighted by Crippen LogP contribution is 2.25. The highest BCUT2D eigenvalue weighted by atomic mass is 16.1. The minimum Gasteiger partial charge on any atom is -0.352 e. The summed E-state index contributed by atoms with van der Waals surface area (Å²) in [6, 6.07) is 10.2. The number of carbonyl (C=O) groups excluding carboxylic acids is 1. The van der Waals surface area contributed by atoms with Gasteiger partial charge in [0.25, 0.3) is 0 Å². The van der Waals surface area contributed by atoms with Gasteiger partial charge < -0.3 is 16.4 Å². The molecule has 4 N–H and O–H groups in total. The number of unbranched alkanes of at least 4 members (excludes halogenated alkanes) is 1. The van der Waals surface area contributed by atoms with E-state index in [1.165, 1.54) is 5.56 Å². The molecule has 0 saturated carbocycles. The Morgan fingerprint density at radius 2 is 2.22 bits per heavy atom. The van der Waals surface area contributed by atoms with E-state index in [-0.39, 0.29) is 11.9 Å². The van der Waals surface area contributed by atoms with Crippen LogP contribution in [0, 0.1) is 17.2 Å². The van der Waals surface area contributed by atoms with Crippen LogP contribution in [0.4, 0.5) is 0 Å². The molecule has 0 radical (unpaired) electrons. The lowest BCUT2D eigenvalue weighted by Gasteiger charge is -2.31. The standard InChI is InChI=1S/C21H27N5O/c22-8-2-1-5-20(27)26-18-11-15(13-24-14-18)10-16-6-7-17(12-23)21-19(16)4-3-9-25-21/h3-4,6-7,9,15,18,24H,1-2,5,8,10-11,13-14,22H2,(H,26,27)/t15-,18+/m0/s1. The molecular formula is C21H27N5O. The van der Waals surface area contributed by atoms with Gasteiger partial charge in [-0.25, -0.2) is 0 Å². The Hall–Kier alpha value is -2.49. The van der Waals surface area contributed by atoms with Crippen molar-refractivity contribution in [3.05, 3.63) is 41.6 Å². The van der Waals surface area contributed by atoms with E-state index < -0.39 is 0 Å². The van der Waals surface area contributed by atoms with Crippen LogP contribution >= 0.6 is 0 Å². The van der Waals surface area contributed by atoms with Gasteiger partial charge in [-0.2, -0.15) is 5.26 Å². The number of benzene rings is 1. The van der Waals surface area contributed by atoms with Gasteiger partial charge in [0.2, 0.25) is 5.91 Å². The van der Waals surface area contributed by atoms with Crippen LogP contribution in [0.3, 0.4) is 0 Å². The molecule has 142 valence electrons. The predicted octanol–water partition coefficient (Wildman–Crippen LogP) is 1.87. The molecule has 6 heteroatoms. The molecule has 0 aliphatic carbocycles. The van der Waals surface area contributed by atoms with Crippen molar-refractivity contribution in [1.82, 2.24) is 15.6 Å². The van der Waals surface area contributed by atoms with Gasteiger partial charge in [0.1, 0.15) is 6.07 Å². The number of nitriles is 1. The van der Waals surface area contributed by atoms with Gasteiger partial charge in [0, 0.05) is 30.6 Å². The van der Waals surface area contributed by atoms with Crippen LogP contribution in [0.2, 0.25) is 0 Å². The molecule has 1 aliphatic heterocycles. The van der Waals surface area contributed by atoms with Crippen LogP contribution in [0.15, 0.2) is 30.5 Å². The number of nitrogens with zero attached hydrogens (tertiary/aromatic N) is 2. The number of hydrogen-bond donors (Lipinski definition) is 3. The SMILES string of the molecule is N#Cc1ccc(C[C@@H]2CNC[C@H](NC(=O)CCCCN)C2)c2cccnc12. The third kappa shape index (κ3) is 5.03. The van der Waals surface area contributed by atoms with Gasteiger partial charge in [-0.1, -0.05) is 12.1 Å². The Labute approximate surface area is 160 Å². The van der Waals surface area contributed by atoms with Crippen LogP contribution in [0.5, 0.6) is 0 Å². The van der Waals surface area contributed by atoms with Crippen molar-refractivity contribution < 1.29 is 4.79 Å². The summed E-state index contributed by atoms with van der Waals surface area (Å²) in [7, 11) is 0. The van der Waals surface area contributed by atoms with Gasteiger partial charge in [-0.15, -0.1) is 0 Å². The molecule has 2 heterocycles. The summed E-state index contributed by atoms with van der Waals surface area (Å²) in [5.41, 5.74) is 8.07. The fourth-order valence-electron chi connectivity index (χ4n) is 3.84. The zero-order valence-corrected chi connectivity index (χ0v) is 15.6. The maximum atomic E-state index is 12.1. The average Bonchev–Trinajstić information content (AvgIpc) is 2.69. The summed E-state index contributed by atoms with van der Waals surface area (Å²) in [5.74, 6) is 0.549. The number of amides is 1. The molecule has 27 heavy (non-hydrogen) atoms. The predicted molar refractivity (Wildman–Crippen MR) is 106 cm³/mol. The molecule has 1 amide bonds. The van der Waals surface area contributed by atoms with E-state index in [9.17, 15) is 10.1 Å². The number of piperidine rings is 1. The highest BCUT2D eigenvalue weighted by molar-refractivity contribution is 5.87. The summed E-state index contributed by atoms with van der Waals surface area (Å²) in [4.78, 5) is 16.5. The van der Waals surface area contributed by atoms with Crippen LogP contribution in [-0.4, -0.2) is 36.6 Å². The summed E-state index contributed by atoms with van der Waals surface area (Å²) >= 11 is 0. The number of pyridine rings is 1. The van der Waals surface area contributed by atoms with Gasteiger partial charge in [0.15, 0.2) is 0 Å². The molecule has 0 bridgehead atoms. The fraction of sp³-hybridized carbons (Fsp3) is 0.476. The van der Waals surface area contributed by atoms with E-state index in [1.54, 1.807) is 6.20 Å². The first-order valence-corrected chi connectivity index (χ1v) is 9.68. The first-order chi connectivity index (χ1) is 13.2. The maximum Gasteiger partial charge on any atom is 0.220 e. The van der Waals surface area contributed by atoms with Crippen molar-refractivity contribution in [2.75, 3.05) is 19.6 Å². The highest BCUT2D eigenvalue weighted by Gasteiger charge is 2.23. The number of aromatic nitrogens is 1. The third-order valence-corrected chi connectivity index (χ3v) is 5.15. The lowest BCUT2D eigenvalue weighted by Crippen LogP contribution is -2.49. The van der Waals surface area contributed by atoms with Crippen LogP contribution < -0.4 is 16.4 Å². The molecule has 1 saturated heterocycles. The van der Waals surface area contributed by atoms with Crippen LogP contribution in [0.25, 0.3) is 10.9 Å². The minimum atomic E-state index is 0.115. The Bertz CT molecular complexity index is 829. The molecule has 6 nitrogen and oxygen atoms in total. The molecule has 3 rings (SSSR count). The van der Waals surface area contributed by atoms with Crippen molar-refractivity contribution in [3.63, 3.8) is 0 Å². The maximum absolute atomic E-state index is 12.1. The topological polar surface area (TPSA) is 104 Å². The van der Waals surface area contributed by atoms with E-state index in [0.29, 0.717) is 24.4 Å². The van der Waals surface area contributed by atoms with Crippen LogP contribution in [0.1, 0.15) is 36.8 Å². The first-order valence-electron chi connectivity index (χ1n) is 9.68. The Morgan fingerprint density at radius 1 is 1.33 bits per heavy atom. The molecule has 2 aromatic rings. The normalized spacial score (nSPS) is 19.6. The van der Waals surface area contributed by atoms with E-state index in [1.807, 2.05) is 24.3 Å². The van der Waals surface area contributed by atoms with Crippen molar-refractivity contribution >= 4 is 16.8 Å². The molecule has 1 aliphatic rings. The van der Waals surface area contributed by atoms with Crippen LogP contribution in [-0.2, 0) is 11.2 Å². The van der Waals surface area contributed by atoms with Gasteiger partial charge in [-0.3, -0.25) is 9.78 Å². The second-order valence-corrected chi connectivity index (χ2v) is 7.26. The van der Waals surface area contributed by atoms with E-state index in [0.717, 1.165) is 49.7 Å². The van der Waals surface area contributed by atoms with Crippen molar-refractivity contribution in [1.29, 1.82) is 5.26 Å². The third-order valence-electron chi connectivity index (χ3n) is 5.15. The largest absolute Gasteiger partial charge is 0.352 e. The van der Waals surface area contributed by atoms with Crippen molar-refractivity contribution in [3.8, 4) is 6.07 Å². The molecule has 1 fully saturated rings. The zero-order chi connectivity index (χ0) is 19.1. The second-order valence-electron chi connectivity index (χ2n) is 7.26. The number of rotatable bonds is 7. The molecular weight excluding hydrogens is 338 g/mol. The quantitative estimate of drug-likeness (QED) is 0.650. The lowest BCUT2D eigenvalue weighted by molar-refractivity contribution is -0.122. The van der Waals surface area contributed by atoms with Crippen molar-refractivity contribution in [2.24, 2.45) is 11.7 Å². The summed E-state index contributed by atoms with van der Waals surface area (Å²) < 4.78 is 0. The molecule has 2 atom stereocenters. The zero-order valence-electron chi connectivity index (χ0n) is 15.6. The van der Waals surface area contributed by atoms with E-state index >= 15 is 0 Å². The first kappa shape index (κ1) is 19.3. The fourth-order valence-corrected chi connectivity index (χ4v) is 3.84. The van der Waals surface area contributed by atoms with Crippen molar-refractivity contribution in [2.45, 2.75) is 38.1 Å². The van der Waals surface area contributed by atoms with Gasteiger partial charge in [-0.05, 0) is 62.4 Å². The molecule has 1 aromatic carbocycles. The van der Waals surface area contributed by atoms with E-state index in [4.69, 9.17) is 5.73 Å². The number of nitrogens with two attached hydrogens (primary N) is 1. The summed E-state index contributed by atoms with van der Waals surface area (Å²) in [5, 5.41) is 16.9. The minimum absolute atomic E-state index is 0.115. The Morgan fingerprint density at radius 3 is 3.04 bits per heavy atom. The lowest BCUT2D eigenvalue weighted by atomic mass is 9.88. The molecule has 0 unspecified atom stereocenters. The number of carbonyl (C=O) groups is 1. The molecule has 1 aromatic heterocycles. The van der Waals surface area contributed by atoms with Gasteiger partial charge in [0.05, 0.1) is 11.1 Å². The average molecular weight is 365 g/mol. The summed E-state index contributed by atoms with van der Waals surface area (Å²) in [6.45, 7) is 2.38.